The summed E-state index contributed by atoms with van der Waals surface area (Å²) >= 11 is 0. The maximum Gasteiger partial charge on any atom is 0.410 e. The second-order valence-corrected chi connectivity index (χ2v) is 9.71. The van der Waals surface area contributed by atoms with Crippen LogP contribution < -0.4 is 4.90 Å². The van der Waals surface area contributed by atoms with Crippen LogP contribution in [-0.4, -0.2) is 55.5 Å². The molecule has 28 heavy (non-hydrogen) atoms. The number of amides is 1. The van der Waals surface area contributed by atoms with Gasteiger partial charge in [-0.1, -0.05) is 39.0 Å². The molecule has 0 radical (unpaired) electrons. The van der Waals surface area contributed by atoms with Gasteiger partial charge in [-0.3, -0.25) is 4.99 Å². The molecule has 1 aliphatic rings. The van der Waals surface area contributed by atoms with Gasteiger partial charge in [-0.05, 0) is 45.1 Å². The molecule has 1 aliphatic heterocycles. The van der Waals surface area contributed by atoms with Crippen LogP contribution in [0.15, 0.2) is 29.3 Å². The first-order valence-corrected chi connectivity index (χ1v) is 10.4. The number of ether oxygens (including phenoxy) is 1. The van der Waals surface area contributed by atoms with Crippen molar-refractivity contribution in [2.24, 2.45) is 10.4 Å². The smallest absolute Gasteiger partial charge is 0.410 e. The molecule has 1 fully saturated rings. The Kier molecular flexibility index (Phi) is 7.50. The lowest BCUT2D eigenvalue weighted by molar-refractivity contribution is 0.0240. The summed E-state index contributed by atoms with van der Waals surface area (Å²) in [6, 6.07) is 8.37. The number of hydrogen-bond donors (Lipinski definition) is 0. The molecule has 1 aromatic rings. The van der Waals surface area contributed by atoms with Gasteiger partial charge in [0.1, 0.15) is 5.60 Å². The maximum atomic E-state index is 12.3. The van der Waals surface area contributed by atoms with Crippen molar-refractivity contribution in [2.75, 3.05) is 37.6 Å². The van der Waals surface area contributed by atoms with E-state index < -0.39 is 5.60 Å². The number of aliphatic imine (C=N–C) groups is 1. The number of hydrogen-bond acceptors (Lipinski definition) is 4. The Morgan fingerprint density at radius 1 is 1.07 bits per heavy atom. The van der Waals surface area contributed by atoms with E-state index in [2.05, 4.69) is 54.9 Å². The Bertz CT molecular complexity index is 663. The molecule has 1 aromatic carbocycles. The minimum Gasteiger partial charge on any atom is -0.444 e. The highest BCUT2D eigenvalue weighted by atomic mass is 16.6. The fourth-order valence-electron chi connectivity index (χ4n) is 3.20. The van der Waals surface area contributed by atoms with Gasteiger partial charge >= 0.3 is 6.09 Å². The summed E-state index contributed by atoms with van der Waals surface area (Å²) in [5, 5.41) is 0. The van der Waals surface area contributed by atoms with Gasteiger partial charge in [0.05, 0.1) is 0 Å². The molecule has 0 N–H and O–H groups in total. The molecule has 1 heterocycles. The second-order valence-electron chi connectivity index (χ2n) is 9.71. The van der Waals surface area contributed by atoms with Crippen LogP contribution in [0.4, 0.5) is 10.5 Å². The van der Waals surface area contributed by atoms with Crippen molar-refractivity contribution in [3.63, 3.8) is 0 Å². The van der Waals surface area contributed by atoms with E-state index in [0.29, 0.717) is 18.5 Å². The topological polar surface area (TPSA) is 45.1 Å². The number of rotatable bonds is 5. The van der Waals surface area contributed by atoms with E-state index in [1.54, 1.807) is 4.90 Å². The highest BCUT2D eigenvalue weighted by molar-refractivity contribution is 5.88. The molecular formula is C23H37N3O2. The van der Waals surface area contributed by atoms with E-state index >= 15 is 0 Å². The number of carbonyl (C=O) groups excluding carboxylic acids is 1. The van der Waals surface area contributed by atoms with E-state index in [9.17, 15) is 4.79 Å². The summed E-state index contributed by atoms with van der Waals surface area (Å²) in [5.74, 6) is 0. The highest BCUT2D eigenvalue weighted by Gasteiger charge is 2.26. The zero-order valence-corrected chi connectivity index (χ0v) is 18.5. The summed E-state index contributed by atoms with van der Waals surface area (Å²) in [5.41, 5.74) is 2.24. The van der Waals surface area contributed by atoms with Crippen molar-refractivity contribution in [1.82, 2.24) is 4.90 Å². The molecular weight excluding hydrogens is 350 g/mol. The van der Waals surface area contributed by atoms with E-state index in [1.165, 1.54) is 12.1 Å². The molecule has 1 amide bonds. The molecule has 2 rings (SSSR count). The molecule has 0 bridgehead atoms. The Labute approximate surface area is 170 Å². The van der Waals surface area contributed by atoms with Gasteiger partial charge in [0.2, 0.25) is 0 Å². The lowest BCUT2D eigenvalue weighted by Gasteiger charge is -2.37. The Hall–Kier alpha value is -2.04. The zero-order valence-electron chi connectivity index (χ0n) is 18.5. The Morgan fingerprint density at radius 3 is 2.32 bits per heavy atom. The Morgan fingerprint density at radius 2 is 1.71 bits per heavy atom. The highest BCUT2D eigenvalue weighted by Crippen LogP contribution is 2.22. The fourth-order valence-corrected chi connectivity index (χ4v) is 3.20. The molecule has 0 aromatic heterocycles. The quantitative estimate of drug-likeness (QED) is 0.528. The zero-order chi connectivity index (χ0) is 20.8. The van der Waals surface area contributed by atoms with Crippen LogP contribution in [0.3, 0.4) is 0 Å². The van der Waals surface area contributed by atoms with E-state index in [0.717, 1.165) is 31.6 Å². The van der Waals surface area contributed by atoms with Gasteiger partial charge in [-0.15, -0.1) is 0 Å². The van der Waals surface area contributed by atoms with Crippen molar-refractivity contribution >= 4 is 18.0 Å². The fraction of sp³-hybridized carbons (Fsp3) is 0.652. The van der Waals surface area contributed by atoms with Gasteiger partial charge in [0.25, 0.3) is 0 Å². The monoisotopic (exact) mass is 387 g/mol. The Balaban J connectivity index is 1.92. The van der Waals surface area contributed by atoms with Gasteiger partial charge in [-0.25, -0.2) is 4.79 Å². The molecule has 0 spiro atoms. The third-order valence-corrected chi connectivity index (χ3v) is 4.65. The van der Waals surface area contributed by atoms with E-state index in [-0.39, 0.29) is 6.09 Å². The van der Waals surface area contributed by atoms with E-state index in [1.807, 2.05) is 27.0 Å². The molecule has 5 heteroatoms. The van der Waals surface area contributed by atoms with Gasteiger partial charge in [-0.2, -0.15) is 0 Å². The minimum atomic E-state index is -0.454. The first-order valence-electron chi connectivity index (χ1n) is 10.4. The van der Waals surface area contributed by atoms with Crippen LogP contribution in [0.2, 0.25) is 0 Å². The predicted molar refractivity (Wildman–Crippen MR) is 118 cm³/mol. The number of anilines is 1. The van der Waals surface area contributed by atoms with E-state index in [4.69, 9.17) is 4.74 Å². The first-order chi connectivity index (χ1) is 13.1. The SMILES string of the molecule is CC(C)(C)CCCN=Cc1ccccc1N1CCN(C(=O)OC(C)(C)C)CC1. The van der Waals surface area contributed by atoms with Crippen molar-refractivity contribution < 1.29 is 9.53 Å². The third kappa shape index (κ3) is 7.53. The number of para-hydroxylation sites is 1. The van der Waals surface area contributed by atoms with Crippen molar-refractivity contribution in [3.8, 4) is 0 Å². The normalized spacial score (nSPS) is 15.9. The summed E-state index contributed by atoms with van der Waals surface area (Å²) in [6.07, 6.45) is 4.06. The van der Waals surface area contributed by atoms with Crippen LogP contribution in [0.1, 0.15) is 59.9 Å². The van der Waals surface area contributed by atoms with Gasteiger partial charge in [0, 0.05) is 50.2 Å². The number of carbonyl (C=O) groups is 1. The molecule has 0 aliphatic carbocycles. The molecule has 0 unspecified atom stereocenters. The summed E-state index contributed by atoms with van der Waals surface area (Å²) < 4.78 is 5.49. The molecule has 156 valence electrons. The van der Waals surface area contributed by atoms with Crippen LogP contribution in [0, 0.1) is 5.41 Å². The summed E-state index contributed by atoms with van der Waals surface area (Å²) in [7, 11) is 0. The first kappa shape index (κ1) is 22.3. The molecule has 5 nitrogen and oxygen atoms in total. The standard InChI is InChI=1S/C23H37N3O2/c1-22(2,3)12-9-13-24-18-19-10-7-8-11-20(19)25-14-16-26(17-15-25)21(27)28-23(4,5)6/h7-8,10-11,18H,9,12-17H2,1-6H3. The summed E-state index contributed by atoms with van der Waals surface area (Å²) in [6.45, 7) is 16.3. The second kappa shape index (κ2) is 9.44. The molecule has 0 saturated carbocycles. The van der Waals surface area contributed by atoms with Crippen LogP contribution in [0.5, 0.6) is 0 Å². The van der Waals surface area contributed by atoms with Crippen LogP contribution in [0.25, 0.3) is 0 Å². The lowest BCUT2D eigenvalue weighted by Crippen LogP contribution is -2.50. The number of piperazine rings is 1. The largest absolute Gasteiger partial charge is 0.444 e. The van der Waals surface area contributed by atoms with Crippen molar-refractivity contribution in [2.45, 2.75) is 60.0 Å². The van der Waals surface area contributed by atoms with Gasteiger partial charge in [0.15, 0.2) is 0 Å². The molecule has 1 saturated heterocycles. The van der Waals surface area contributed by atoms with Crippen LogP contribution >= 0.6 is 0 Å². The minimum absolute atomic E-state index is 0.221. The van der Waals surface area contributed by atoms with Gasteiger partial charge < -0.3 is 14.5 Å². The van der Waals surface area contributed by atoms with Crippen molar-refractivity contribution in [3.05, 3.63) is 29.8 Å². The average Bonchev–Trinajstić information content (AvgIpc) is 2.59. The lowest BCUT2D eigenvalue weighted by atomic mass is 9.91. The number of benzene rings is 1. The molecule has 0 atom stereocenters. The summed E-state index contributed by atoms with van der Waals surface area (Å²) in [4.78, 5) is 21.0. The average molecular weight is 388 g/mol. The van der Waals surface area contributed by atoms with Crippen molar-refractivity contribution in [1.29, 1.82) is 0 Å². The van der Waals surface area contributed by atoms with Crippen LogP contribution in [-0.2, 0) is 4.74 Å². The predicted octanol–water partition coefficient (Wildman–Crippen LogP) is 4.99. The number of nitrogens with zero attached hydrogens (tertiary/aromatic N) is 3. The maximum absolute atomic E-state index is 12.3. The third-order valence-electron chi connectivity index (χ3n) is 4.65.